The van der Waals surface area contributed by atoms with E-state index < -0.39 is 16.8 Å². The smallest absolute Gasteiger partial charge is 0.258 e. The molecule has 14 heteroatoms. The van der Waals surface area contributed by atoms with Crippen LogP contribution in [0.2, 0.25) is 0 Å². The van der Waals surface area contributed by atoms with Gasteiger partial charge in [-0.15, -0.1) is 0 Å². The standard InChI is InChI=1S/2C27H30FN3O3/c1-7-27(34-26(4,5)6)15(3)33-13-19-20(27)9-23-24-18(12-31(23)25(19)32)17(11-29)16-8-14(2)21(28)10-22(16)30-24;1-7-27(33)15(3)34-13-19-20(27)9-23-24-18(12-31(23)25(19)32)17(11-29-26(4,5)6)16-8-14(2)21(28)10-22(16)30-24/h8-10H,3,7,11-13,29H2,1-2,4-6H3;8-10,29,33H,3,7,11-13H2,1-2,4-6H3/t2*27-/m11/s1. The van der Waals surface area contributed by atoms with Gasteiger partial charge in [0.15, 0.2) is 5.60 Å². The molecule has 4 aliphatic heterocycles. The zero-order valence-electron chi connectivity index (χ0n) is 40.6. The van der Waals surface area contributed by atoms with Crippen molar-refractivity contribution in [3.8, 4) is 22.8 Å². The molecule has 0 aliphatic carbocycles. The predicted molar refractivity (Wildman–Crippen MR) is 260 cm³/mol. The number of aromatic nitrogens is 4. The first kappa shape index (κ1) is 47.0. The number of aliphatic hydroxyl groups is 1. The minimum absolute atomic E-state index is 0.0736. The molecule has 6 aromatic rings. The van der Waals surface area contributed by atoms with Crippen molar-refractivity contribution < 1.29 is 28.1 Å². The lowest BCUT2D eigenvalue weighted by atomic mass is 9.83. The van der Waals surface area contributed by atoms with Gasteiger partial charge in [0.25, 0.3) is 11.1 Å². The second-order valence-electron chi connectivity index (χ2n) is 20.5. The summed E-state index contributed by atoms with van der Waals surface area (Å²) in [6, 6.07) is 10.3. The zero-order chi connectivity index (χ0) is 49.2. The van der Waals surface area contributed by atoms with Gasteiger partial charge in [-0.05, 0) is 115 Å². The molecule has 2 atom stereocenters. The summed E-state index contributed by atoms with van der Waals surface area (Å²) in [5.74, 6) is 0.0981. The fourth-order valence-corrected chi connectivity index (χ4v) is 10.3. The van der Waals surface area contributed by atoms with E-state index in [0.29, 0.717) is 99.9 Å². The van der Waals surface area contributed by atoms with Crippen LogP contribution >= 0.6 is 0 Å². The zero-order valence-corrected chi connectivity index (χ0v) is 40.6. The Bertz CT molecular complexity index is 3310. The Labute approximate surface area is 394 Å². The average molecular weight is 927 g/mol. The molecular formula is C54H60F2N6O6. The molecule has 8 heterocycles. The molecule has 0 fully saturated rings. The second kappa shape index (κ2) is 16.3. The van der Waals surface area contributed by atoms with Crippen LogP contribution in [-0.4, -0.2) is 35.3 Å². The van der Waals surface area contributed by atoms with Gasteiger partial charge in [-0.1, -0.05) is 27.0 Å². The lowest BCUT2D eigenvalue weighted by Crippen LogP contribution is -2.44. The summed E-state index contributed by atoms with van der Waals surface area (Å²) in [4.78, 5) is 36.9. The van der Waals surface area contributed by atoms with Crippen LogP contribution in [0.4, 0.5) is 8.78 Å². The number of nitrogens with one attached hydrogen (secondary N) is 1. The molecule has 0 unspecified atom stereocenters. The Hall–Kier alpha value is -6.06. The maximum absolute atomic E-state index is 14.5. The van der Waals surface area contributed by atoms with E-state index in [4.69, 9.17) is 29.9 Å². The summed E-state index contributed by atoms with van der Waals surface area (Å²) in [7, 11) is 0. The maximum atomic E-state index is 14.5. The summed E-state index contributed by atoms with van der Waals surface area (Å²) in [6.45, 7) is 29.3. The fraction of sp³-hybridized carbons (Fsp3) is 0.407. The molecule has 0 amide bonds. The maximum Gasteiger partial charge on any atom is 0.258 e. The monoisotopic (exact) mass is 926 g/mol. The molecule has 68 heavy (non-hydrogen) atoms. The first-order chi connectivity index (χ1) is 31.9. The fourth-order valence-electron chi connectivity index (χ4n) is 10.3. The highest BCUT2D eigenvalue weighted by Crippen LogP contribution is 2.48. The van der Waals surface area contributed by atoms with E-state index in [1.54, 1.807) is 29.0 Å². The molecule has 2 aromatic carbocycles. The van der Waals surface area contributed by atoms with Gasteiger partial charge in [-0.2, -0.15) is 0 Å². The van der Waals surface area contributed by atoms with Crippen LogP contribution in [0.15, 0.2) is 70.7 Å². The third kappa shape index (κ3) is 7.38. The van der Waals surface area contributed by atoms with Gasteiger partial charge < -0.3 is 39.5 Å². The van der Waals surface area contributed by atoms with Crippen molar-refractivity contribution in [2.24, 2.45) is 5.73 Å². The molecule has 10 rings (SSSR count). The predicted octanol–water partition coefficient (Wildman–Crippen LogP) is 9.20. The van der Waals surface area contributed by atoms with Crippen molar-refractivity contribution >= 4 is 21.8 Å². The molecule has 0 bridgehead atoms. The van der Waals surface area contributed by atoms with Gasteiger partial charge in [-0.25, -0.2) is 18.7 Å². The van der Waals surface area contributed by atoms with Crippen LogP contribution in [0, 0.1) is 25.5 Å². The summed E-state index contributed by atoms with van der Waals surface area (Å²) in [5, 5.41) is 16.6. The van der Waals surface area contributed by atoms with Crippen molar-refractivity contribution in [2.45, 2.75) is 144 Å². The molecule has 4 aliphatic rings. The number of rotatable bonds is 6. The number of aryl methyl sites for hydroxylation is 2. The number of hydrogen-bond donors (Lipinski definition) is 3. The SMILES string of the molecule is C=C1OCc2c(cc3n(c2=O)Cc2c-3nc3cc(F)c(C)cc3c2CN)[C@]1(CC)OC(C)(C)C.C=C1OCc2c(cc3n(c2=O)Cc2c-3nc3cc(F)c(C)cc3c2CNC(C)(C)C)[C@@]1(O)CC. The van der Waals surface area contributed by atoms with Crippen LogP contribution in [0.3, 0.4) is 0 Å². The van der Waals surface area contributed by atoms with Crippen molar-refractivity contribution in [1.29, 1.82) is 0 Å². The van der Waals surface area contributed by atoms with E-state index in [9.17, 15) is 23.5 Å². The minimum Gasteiger partial charge on any atom is -0.490 e. The van der Waals surface area contributed by atoms with Crippen LogP contribution in [0.25, 0.3) is 44.6 Å². The van der Waals surface area contributed by atoms with Crippen molar-refractivity contribution in [1.82, 2.24) is 24.4 Å². The molecule has 0 spiro atoms. The third-order valence-electron chi connectivity index (χ3n) is 14.0. The number of hydrogen-bond acceptors (Lipinski definition) is 10. The van der Waals surface area contributed by atoms with E-state index in [1.165, 1.54) is 12.1 Å². The Balaban J connectivity index is 0.000000170. The minimum atomic E-state index is -1.44. The van der Waals surface area contributed by atoms with Crippen molar-refractivity contribution in [2.75, 3.05) is 0 Å². The highest BCUT2D eigenvalue weighted by molar-refractivity contribution is 5.90. The molecule has 12 nitrogen and oxygen atoms in total. The first-order valence-electron chi connectivity index (χ1n) is 23.3. The van der Waals surface area contributed by atoms with E-state index in [-0.39, 0.29) is 53.8 Å². The number of nitrogens with zero attached hydrogens (tertiary/aromatic N) is 4. The van der Waals surface area contributed by atoms with E-state index in [1.807, 2.05) is 52.8 Å². The first-order valence-corrected chi connectivity index (χ1v) is 23.3. The van der Waals surface area contributed by atoms with E-state index >= 15 is 0 Å². The molecule has 0 saturated carbocycles. The van der Waals surface area contributed by atoms with Gasteiger partial charge in [-0.3, -0.25) is 9.59 Å². The van der Waals surface area contributed by atoms with Crippen LogP contribution in [0.5, 0.6) is 0 Å². The summed E-state index contributed by atoms with van der Waals surface area (Å²) in [5.41, 5.74) is 13.6. The Morgan fingerprint density at radius 3 is 1.72 bits per heavy atom. The second-order valence-corrected chi connectivity index (χ2v) is 20.5. The number of ether oxygens (including phenoxy) is 3. The number of pyridine rings is 4. The van der Waals surface area contributed by atoms with Gasteiger partial charge in [0, 0.05) is 63.8 Å². The lowest BCUT2D eigenvalue weighted by Gasteiger charge is -2.43. The van der Waals surface area contributed by atoms with Gasteiger partial charge in [0.1, 0.15) is 42.0 Å². The quantitative estimate of drug-likeness (QED) is 0.147. The number of nitrogens with two attached hydrogens (primary N) is 1. The molecule has 356 valence electrons. The van der Waals surface area contributed by atoms with Gasteiger partial charge in [0.2, 0.25) is 0 Å². The lowest BCUT2D eigenvalue weighted by molar-refractivity contribution is -0.149. The largest absolute Gasteiger partial charge is 0.490 e. The molecule has 4 N–H and O–H groups in total. The van der Waals surface area contributed by atoms with Crippen molar-refractivity contribution in [3.05, 3.63) is 149 Å². The Kier molecular flexibility index (Phi) is 11.3. The van der Waals surface area contributed by atoms with Crippen LogP contribution < -0.4 is 22.2 Å². The van der Waals surface area contributed by atoms with Crippen molar-refractivity contribution in [3.63, 3.8) is 0 Å². The molecule has 0 saturated heterocycles. The molecule has 4 aromatic heterocycles. The normalized spacial score (nSPS) is 19.1. The van der Waals surface area contributed by atoms with Gasteiger partial charge >= 0.3 is 0 Å². The third-order valence-corrected chi connectivity index (χ3v) is 14.0. The Morgan fingerprint density at radius 2 is 1.24 bits per heavy atom. The summed E-state index contributed by atoms with van der Waals surface area (Å²) in [6.07, 6.45) is 0.876. The summed E-state index contributed by atoms with van der Waals surface area (Å²) >= 11 is 0. The van der Waals surface area contributed by atoms with E-state index in [0.717, 1.165) is 38.6 Å². The topological polar surface area (TPSA) is 156 Å². The number of fused-ring (bicyclic) bond motifs is 10. The van der Waals surface area contributed by atoms with Gasteiger partial charge in [0.05, 0.1) is 63.6 Å². The molecule has 0 radical (unpaired) electrons. The number of benzene rings is 2. The van der Waals surface area contributed by atoms with Crippen LogP contribution in [-0.2, 0) is 64.8 Å². The Morgan fingerprint density at radius 1 is 0.750 bits per heavy atom. The highest BCUT2D eigenvalue weighted by Gasteiger charge is 2.47. The highest BCUT2D eigenvalue weighted by atomic mass is 19.1. The van der Waals surface area contributed by atoms with E-state index in [2.05, 4.69) is 39.2 Å². The average Bonchev–Trinajstić information content (AvgIpc) is 3.83. The summed E-state index contributed by atoms with van der Waals surface area (Å²) < 4.78 is 50.4. The number of halogens is 2. The molecular weight excluding hydrogens is 867 g/mol. The van der Waals surface area contributed by atoms with Crippen LogP contribution in [0.1, 0.15) is 124 Å².